The van der Waals surface area contributed by atoms with Gasteiger partial charge in [0.2, 0.25) is 5.91 Å². The number of likely N-dealkylation sites (tertiary alicyclic amines) is 1. The first-order valence-electron chi connectivity index (χ1n) is 12.5. The average molecular weight is 479 g/mol. The Morgan fingerprint density at radius 3 is 2.54 bits per heavy atom. The summed E-state index contributed by atoms with van der Waals surface area (Å²) >= 11 is 0. The van der Waals surface area contributed by atoms with Crippen LogP contribution < -0.4 is 5.56 Å². The molecule has 1 aromatic heterocycles. The second-order valence-electron chi connectivity index (χ2n) is 10.2. The maximum Gasteiger partial charge on any atom is 0.258 e. The molecule has 0 bridgehead atoms. The first-order chi connectivity index (χ1) is 16.7. The maximum atomic E-state index is 13.2. The van der Waals surface area contributed by atoms with E-state index in [0.29, 0.717) is 67.0 Å². The Labute approximate surface area is 207 Å². The van der Waals surface area contributed by atoms with E-state index in [1.807, 2.05) is 42.1 Å². The lowest BCUT2D eigenvalue weighted by atomic mass is 9.87. The van der Waals surface area contributed by atoms with Crippen LogP contribution in [0.2, 0.25) is 0 Å². The number of aromatic amines is 1. The Bertz CT molecular complexity index is 1140. The number of para-hydroxylation sites is 1. The molecule has 0 unspecified atom stereocenters. The normalized spacial score (nSPS) is 15.9. The lowest BCUT2D eigenvalue weighted by molar-refractivity contribution is -0.135. The summed E-state index contributed by atoms with van der Waals surface area (Å²) in [7, 11) is 3.77. The van der Waals surface area contributed by atoms with Gasteiger partial charge in [-0.15, -0.1) is 0 Å². The maximum absolute atomic E-state index is 13.2. The molecule has 1 fully saturated rings. The van der Waals surface area contributed by atoms with Gasteiger partial charge in [0, 0.05) is 57.7 Å². The fourth-order valence-electron chi connectivity index (χ4n) is 4.91. The third-order valence-electron chi connectivity index (χ3n) is 6.53. The minimum Gasteiger partial charge on any atom is -0.383 e. The van der Waals surface area contributed by atoms with Crippen LogP contribution in [0.3, 0.4) is 0 Å². The molecule has 1 aliphatic heterocycles. The molecule has 1 saturated heterocycles. The van der Waals surface area contributed by atoms with Gasteiger partial charge in [0.15, 0.2) is 5.78 Å². The number of H-pyrrole nitrogens is 1. The highest BCUT2D eigenvalue weighted by atomic mass is 16.2. The van der Waals surface area contributed by atoms with Crippen LogP contribution in [-0.4, -0.2) is 58.6 Å². The van der Waals surface area contributed by atoms with Gasteiger partial charge in [-0.25, -0.2) is 4.98 Å². The minimum atomic E-state index is -0.144. The number of hydrogen-bond acceptors (Lipinski definition) is 5. The smallest absolute Gasteiger partial charge is 0.258 e. The number of amides is 1. The van der Waals surface area contributed by atoms with Crippen LogP contribution >= 0.6 is 0 Å². The van der Waals surface area contributed by atoms with Crippen LogP contribution in [0, 0.1) is 17.8 Å². The van der Waals surface area contributed by atoms with Crippen molar-refractivity contribution in [3.8, 4) is 0 Å². The summed E-state index contributed by atoms with van der Waals surface area (Å²) in [5, 5.41) is 0.574. The lowest BCUT2D eigenvalue weighted by Gasteiger charge is -2.32. The molecule has 1 amide bonds. The van der Waals surface area contributed by atoms with Crippen LogP contribution in [-0.2, 0) is 16.0 Å². The number of carbonyl (C=O) groups is 2. The van der Waals surface area contributed by atoms with Gasteiger partial charge in [-0.05, 0) is 43.2 Å². The quantitative estimate of drug-likeness (QED) is 0.413. The Morgan fingerprint density at radius 2 is 1.91 bits per heavy atom. The van der Waals surface area contributed by atoms with E-state index in [4.69, 9.17) is 0 Å². The third-order valence-corrected chi connectivity index (χ3v) is 6.53. The molecule has 0 aliphatic carbocycles. The molecule has 7 heteroatoms. The highest BCUT2D eigenvalue weighted by Gasteiger charge is 2.29. The molecule has 0 radical (unpaired) electrons. The number of nitrogens with zero attached hydrogens (tertiary/aromatic N) is 3. The fraction of sp³-hybridized carbons (Fsp3) is 0.500. The molecule has 188 valence electrons. The van der Waals surface area contributed by atoms with E-state index in [2.05, 4.69) is 30.4 Å². The summed E-state index contributed by atoms with van der Waals surface area (Å²) in [6.45, 7) is 9.23. The fourth-order valence-corrected chi connectivity index (χ4v) is 4.91. The highest BCUT2D eigenvalue weighted by Crippen LogP contribution is 2.25. The summed E-state index contributed by atoms with van der Waals surface area (Å²) in [6, 6.07) is 7.30. The number of benzene rings is 1. The van der Waals surface area contributed by atoms with Crippen LogP contribution in [0.25, 0.3) is 10.9 Å². The van der Waals surface area contributed by atoms with Gasteiger partial charge < -0.3 is 14.8 Å². The summed E-state index contributed by atoms with van der Waals surface area (Å²) in [6.07, 6.45) is 6.57. The molecule has 7 nitrogen and oxygen atoms in total. The Morgan fingerprint density at radius 1 is 1.23 bits per heavy atom. The van der Waals surface area contributed by atoms with E-state index in [1.54, 1.807) is 18.3 Å². The monoisotopic (exact) mass is 478 g/mol. The largest absolute Gasteiger partial charge is 0.383 e. The zero-order valence-corrected chi connectivity index (χ0v) is 21.4. The van der Waals surface area contributed by atoms with Crippen molar-refractivity contribution in [2.45, 2.75) is 46.0 Å². The Hall–Kier alpha value is -3.22. The highest BCUT2D eigenvalue weighted by molar-refractivity contribution is 5.99. The van der Waals surface area contributed by atoms with E-state index in [9.17, 15) is 14.4 Å². The number of Topliss-reactive ketones (excluding diaryl/α,β-unsaturated/α-hetero) is 1. The van der Waals surface area contributed by atoms with E-state index in [1.165, 1.54) is 0 Å². The topological polar surface area (TPSA) is 86.4 Å². The molecule has 0 spiro atoms. The van der Waals surface area contributed by atoms with Gasteiger partial charge >= 0.3 is 0 Å². The molecule has 1 aromatic carbocycles. The van der Waals surface area contributed by atoms with Crippen molar-refractivity contribution in [3.05, 3.63) is 64.9 Å². The zero-order chi connectivity index (χ0) is 25.5. The lowest BCUT2D eigenvalue weighted by Crippen LogP contribution is -2.41. The number of aromatic nitrogens is 2. The molecule has 1 N–H and O–H groups in total. The van der Waals surface area contributed by atoms with Crippen LogP contribution in [0.5, 0.6) is 0 Å². The van der Waals surface area contributed by atoms with Crippen LogP contribution in [0.15, 0.2) is 53.5 Å². The predicted molar refractivity (Wildman–Crippen MR) is 140 cm³/mol. The van der Waals surface area contributed by atoms with Crippen molar-refractivity contribution in [2.24, 2.45) is 17.8 Å². The van der Waals surface area contributed by atoms with E-state index >= 15 is 0 Å². The molecular formula is C28H38N4O3. The van der Waals surface area contributed by atoms with Crippen molar-refractivity contribution in [1.29, 1.82) is 0 Å². The SMILES string of the molecule is C=C/C(=C\N(C)C)C(=O)C1CCN(C(=O)C[C@@H](Cc2nc3ccccc3c(=O)[nH]2)CC(C)C)CC1. The number of nitrogens with one attached hydrogen (secondary N) is 1. The van der Waals surface area contributed by atoms with Gasteiger partial charge in [-0.1, -0.05) is 38.6 Å². The molecular weight excluding hydrogens is 440 g/mol. The molecule has 3 rings (SSSR count). The summed E-state index contributed by atoms with van der Waals surface area (Å²) in [5.74, 6) is 1.26. The number of piperidine rings is 1. The first kappa shape index (κ1) is 26.4. The van der Waals surface area contributed by atoms with Gasteiger partial charge in [0.25, 0.3) is 5.56 Å². The van der Waals surface area contributed by atoms with Crippen molar-refractivity contribution in [3.63, 3.8) is 0 Å². The number of hydrogen-bond donors (Lipinski definition) is 1. The van der Waals surface area contributed by atoms with Crippen molar-refractivity contribution >= 4 is 22.6 Å². The summed E-state index contributed by atoms with van der Waals surface area (Å²) in [4.78, 5) is 49.8. The van der Waals surface area contributed by atoms with Gasteiger partial charge in [0.05, 0.1) is 10.9 Å². The number of carbonyl (C=O) groups excluding carboxylic acids is 2. The summed E-state index contributed by atoms with van der Waals surface area (Å²) < 4.78 is 0. The van der Waals surface area contributed by atoms with Crippen molar-refractivity contribution in [2.75, 3.05) is 27.2 Å². The molecule has 0 saturated carbocycles. The van der Waals surface area contributed by atoms with Crippen molar-refractivity contribution in [1.82, 2.24) is 19.8 Å². The number of fused-ring (bicyclic) bond motifs is 1. The second-order valence-corrected chi connectivity index (χ2v) is 10.2. The Balaban J connectivity index is 1.64. The minimum absolute atomic E-state index is 0.0819. The van der Waals surface area contributed by atoms with E-state index in [0.717, 1.165) is 6.42 Å². The van der Waals surface area contributed by atoms with E-state index < -0.39 is 0 Å². The standard InChI is InChI=1S/C28H38N4O3/c1-6-21(18-31(4)5)27(34)22-11-13-32(14-12-22)26(33)17-20(15-19(2)3)16-25-29-24-10-8-7-9-23(24)28(35)30-25/h6-10,18-20,22H,1,11-17H2,2-5H3,(H,29,30,35)/b21-18+/t20-/m1/s1. The average Bonchev–Trinajstić information content (AvgIpc) is 2.81. The summed E-state index contributed by atoms with van der Waals surface area (Å²) in [5.41, 5.74) is 1.15. The molecule has 2 heterocycles. The molecule has 2 aromatic rings. The molecule has 35 heavy (non-hydrogen) atoms. The zero-order valence-electron chi connectivity index (χ0n) is 21.4. The Kier molecular flexibility index (Phi) is 9.01. The van der Waals surface area contributed by atoms with Crippen LogP contribution in [0.4, 0.5) is 0 Å². The first-order valence-corrected chi connectivity index (χ1v) is 12.5. The van der Waals surface area contributed by atoms with Gasteiger partial charge in [0.1, 0.15) is 5.82 Å². The predicted octanol–water partition coefficient (Wildman–Crippen LogP) is 3.96. The number of allylic oxidation sites excluding steroid dienone is 2. The van der Waals surface area contributed by atoms with E-state index in [-0.39, 0.29) is 29.1 Å². The number of rotatable bonds is 10. The molecule has 1 aliphatic rings. The van der Waals surface area contributed by atoms with Crippen LogP contribution in [0.1, 0.15) is 45.4 Å². The van der Waals surface area contributed by atoms with Gasteiger partial charge in [-0.2, -0.15) is 0 Å². The van der Waals surface area contributed by atoms with Crippen molar-refractivity contribution < 1.29 is 9.59 Å². The third kappa shape index (κ3) is 7.13. The second kappa shape index (κ2) is 12.0. The van der Waals surface area contributed by atoms with Gasteiger partial charge in [-0.3, -0.25) is 14.4 Å². The number of ketones is 1. The molecule has 1 atom stereocenters.